The van der Waals surface area contributed by atoms with E-state index in [9.17, 15) is 4.79 Å². The van der Waals surface area contributed by atoms with E-state index in [1.165, 1.54) is 11.1 Å². The number of esters is 1. The van der Waals surface area contributed by atoms with Crippen LogP contribution in [0.2, 0.25) is 0 Å². The molecule has 0 amide bonds. The van der Waals surface area contributed by atoms with Gasteiger partial charge in [-0.2, -0.15) is 0 Å². The molecule has 0 radical (unpaired) electrons. The summed E-state index contributed by atoms with van der Waals surface area (Å²) in [4.78, 5) is 15.5. The van der Waals surface area contributed by atoms with E-state index in [-0.39, 0.29) is 30.1 Å². The number of ether oxygens (including phenoxy) is 3. The standard InChI is InChI=1S/C25H40N2O4/c1-15(2)10-18-14-27-9-8-17-11-22(29-6)23(30-7)12-19(17)20(27)13-21(18)31-25(28)24(26-5)16(3)4/h11-12,15-16,18,20-21,24,26H,8-10,13-14H2,1-7H3/t18-,20-,21-,24+/m1/s1. The number of hydrogen-bond donors (Lipinski definition) is 1. The molecule has 1 saturated heterocycles. The third-order valence-corrected chi connectivity index (χ3v) is 6.84. The number of carbonyl (C=O) groups excluding carboxylic acids is 1. The molecule has 3 rings (SSSR count). The van der Waals surface area contributed by atoms with Crippen molar-refractivity contribution in [3.8, 4) is 11.5 Å². The number of fused-ring (bicyclic) bond motifs is 3. The first-order valence-electron chi connectivity index (χ1n) is 11.7. The number of likely N-dealkylation sites (N-methyl/N-ethyl adjacent to an activating group) is 1. The Morgan fingerprint density at radius 2 is 1.84 bits per heavy atom. The number of carbonyl (C=O) groups is 1. The van der Waals surface area contributed by atoms with Crippen LogP contribution in [-0.2, 0) is 16.0 Å². The van der Waals surface area contributed by atoms with E-state index < -0.39 is 0 Å². The quantitative estimate of drug-likeness (QED) is 0.630. The Balaban J connectivity index is 1.88. The van der Waals surface area contributed by atoms with Crippen molar-refractivity contribution in [2.75, 3.05) is 34.4 Å². The lowest BCUT2D eigenvalue weighted by Gasteiger charge is -2.47. The normalized spacial score (nSPS) is 24.5. The highest BCUT2D eigenvalue weighted by Crippen LogP contribution is 2.44. The molecule has 2 aliphatic heterocycles. The maximum Gasteiger partial charge on any atom is 0.323 e. The minimum absolute atomic E-state index is 0.0789. The van der Waals surface area contributed by atoms with Gasteiger partial charge in [0.05, 0.1) is 14.2 Å². The van der Waals surface area contributed by atoms with Crippen molar-refractivity contribution in [3.05, 3.63) is 23.3 Å². The average molecular weight is 433 g/mol. The Kier molecular flexibility index (Phi) is 7.87. The van der Waals surface area contributed by atoms with E-state index in [2.05, 4.69) is 36.2 Å². The zero-order chi connectivity index (χ0) is 22.7. The van der Waals surface area contributed by atoms with Crippen molar-refractivity contribution in [1.29, 1.82) is 0 Å². The predicted octanol–water partition coefficient (Wildman–Crippen LogP) is 3.82. The van der Waals surface area contributed by atoms with Crippen LogP contribution in [0.4, 0.5) is 0 Å². The Morgan fingerprint density at radius 3 is 2.42 bits per heavy atom. The molecule has 0 saturated carbocycles. The average Bonchev–Trinajstić information content (AvgIpc) is 2.72. The summed E-state index contributed by atoms with van der Waals surface area (Å²) in [6, 6.07) is 4.19. The maximum absolute atomic E-state index is 13.0. The van der Waals surface area contributed by atoms with Gasteiger partial charge >= 0.3 is 5.97 Å². The lowest BCUT2D eigenvalue weighted by Crippen LogP contribution is -2.51. The summed E-state index contributed by atoms with van der Waals surface area (Å²) in [5.41, 5.74) is 2.59. The molecule has 0 unspecified atom stereocenters. The molecule has 1 fully saturated rings. The minimum atomic E-state index is -0.277. The van der Waals surface area contributed by atoms with Gasteiger partial charge in [0.25, 0.3) is 0 Å². The molecule has 0 spiro atoms. The molecule has 4 atom stereocenters. The summed E-state index contributed by atoms with van der Waals surface area (Å²) >= 11 is 0. The highest BCUT2D eigenvalue weighted by atomic mass is 16.5. The fourth-order valence-corrected chi connectivity index (χ4v) is 5.33. The van der Waals surface area contributed by atoms with E-state index in [4.69, 9.17) is 14.2 Å². The highest BCUT2D eigenvalue weighted by molar-refractivity contribution is 5.76. The zero-order valence-corrected chi connectivity index (χ0v) is 20.2. The van der Waals surface area contributed by atoms with Crippen LogP contribution in [0.25, 0.3) is 0 Å². The molecular weight excluding hydrogens is 392 g/mol. The molecular formula is C25H40N2O4. The van der Waals surface area contributed by atoms with Crippen LogP contribution < -0.4 is 14.8 Å². The summed E-state index contributed by atoms with van der Waals surface area (Å²) in [6.45, 7) is 10.6. The first-order valence-corrected chi connectivity index (χ1v) is 11.7. The third-order valence-electron chi connectivity index (χ3n) is 6.84. The van der Waals surface area contributed by atoms with Crippen molar-refractivity contribution in [2.45, 2.75) is 65.1 Å². The molecule has 0 bridgehead atoms. The smallest absolute Gasteiger partial charge is 0.323 e. The number of nitrogens with zero attached hydrogens (tertiary/aromatic N) is 1. The molecule has 2 aliphatic rings. The van der Waals surface area contributed by atoms with E-state index >= 15 is 0 Å². The number of benzene rings is 1. The van der Waals surface area contributed by atoms with Crippen molar-refractivity contribution in [3.63, 3.8) is 0 Å². The van der Waals surface area contributed by atoms with Gasteiger partial charge in [-0.05, 0) is 55.0 Å². The Labute approximate surface area is 187 Å². The van der Waals surface area contributed by atoms with Gasteiger partial charge in [-0.1, -0.05) is 27.7 Å². The van der Waals surface area contributed by atoms with Crippen molar-refractivity contribution >= 4 is 5.97 Å². The van der Waals surface area contributed by atoms with Crippen LogP contribution in [-0.4, -0.2) is 57.4 Å². The van der Waals surface area contributed by atoms with Gasteiger partial charge in [0.1, 0.15) is 12.1 Å². The summed E-state index contributed by atoms with van der Waals surface area (Å²) < 4.78 is 17.3. The van der Waals surface area contributed by atoms with E-state index in [0.717, 1.165) is 43.9 Å². The number of methoxy groups -OCH3 is 2. The molecule has 6 heteroatoms. The highest BCUT2D eigenvalue weighted by Gasteiger charge is 2.42. The molecule has 1 aromatic rings. The lowest BCUT2D eigenvalue weighted by molar-refractivity contribution is -0.161. The third kappa shape index (κ3) is 5.17. The topological polar surface area (TPSA) is 60.0 Å². The molecule has 0 aliphatic carbocycles. The predicted molar refractivity (Wildman–Crippen MR) is 123 cm³/mol. The summed E-state index contributed by atoms with van der Waals surface area (Å²) in [5, 5.41) is 3.13. The fourth-order valence-electron chi connectivity index (χ4n) is 5.33. The van der Waals surface area contributed by atoms with Crippen molar-refractivity contribution in [2.24, 2.45) is 17.8 Å². The van der Waals surface area contributed by atoms with Crippen molar-refractivity contribution < 1.29 is 19.0 Å². The van der Waals surface area contributed by atoms with Gasteiger partial charge in [-0.3, -0.25) is 9.69 Å². The second-order valence-corrected chi connectivity index (χ2v) is 9.78. The molecule has 0 aromatic heterocycles. The van der Waals surface area contributed by atoms with Crippen LogP contribution in [0, 0.1) is 17.8 Å². The first-order chi connectivity index (χ1) is 14.8. The van der Waals surface area contributed by atoms with Crippen LogP contribution >= 0.6 is 0 Å². The van der Waals surface area contributed by atoms with E-state index in [1.807, 2.05) is 20.9 Å². The van der Waals surface area contributed by atoms with Crippen LogP contribution in [0.15, 0.2) is 12.1 Å². The van der Waals surface area contributed by atoms with Crippen LogP contribution in [0.5, 0.6) is 11.5 Å². The van der Waals surface area contributed by atoms with Crippen LogP contribution in [0.3, 0.4) is 0 Å². The maximum atomic E-state index is 13.0. The summed E-state index contributed by atoms with van der Waals surface area (Å²) in [7, 11) is 5.19. The number of rotatable bonds is 8. The van der Waals surface area contributed by atoms with Gasteiger partial charge < -0.3 is 19.5 Å². The fraction of sp³-hybridized carbons (Fsp3) is 0.720. The van der Waals surface area contributed by atoms with Gasteiger partial charge in [-0.15, -0.1) is 0 Å². The Bertz CT molecular complexity index is 764. The number of hydrogen-bond acceptors (Lipinski definition) is 6. The zero-order valence-electron chi connectivity index (χ0n) is 20.2. The first kappa shape index (κ1) is 23.9. The number of piperidine rings is 1. The second-order valence-electron chi connectivity index (χ2n) is 9.78. The molecule has 174 valence electrons. The SMILES string of the molecule is CN[C@H](C(=O)O[C@@H]1C[C@@H]2c3cc(OC)c(OC)cc3CCN2C[C@H]1CC(C)C)C(C)C. The van der Waals surface area contributed by atoms with Gasteiger partial charge in [0.15, 0.2) is 11.5 Å². The second kappa shape index (κ2) is 10.2. The minimum Gasteiger partial charge on any atom is -0.493 e. The van der Waals surface area contributed by atoms with E-state index in [1.54, 1.807) is 14.2 Å². The Hall–Kier alpha value is -1.79. The molecule has 31 heavy (non-hydrogen) atoms. The Morgan fingerprint density at radius 1 is 1.16 bits per heavy atom. The molecule has 1 aromatic carbocycles. The van der Waals surface area contributed by atoms with E-state index in [0.29, 0.717) is 11.8 Å². The van der Waals surface area contributed by atoms with Gasteiger partial charge in [-0.25, -0.2) is 0 Å². The van der Waals surface area contributed by atoms with Gasteiger partial charge in [0, 0.05) is 31.5 Å². The summed E-state index contributed by atoms with van der Waals surface area (Å²) in [5.74, 6) is 2.51. The van der Waals surface area contributed by atoms with Crippen molar-refractivity contribution in [1.82, 2.24) is 10.2 Å². The number of nitrogens with one attached hydrogen (secondary N) is 1. The largest absolute Gasteiger partial charge is 0.493 e. The van der Waals surface area contributed by atoms with Gasteiger partial charge in [0.2, 0.25) is 0 Å². The monoisotopic (exact) mass is 432 g/mol. The molecule has 6 nitrogen and oxygen atoms in total. The lowest BCUT2D eigenvalue weighted by atomic mass is 9.79. The summed E-state index contributed by atoms with van der Waals surface area (Å²) in [6.07, 6.45) is 2.80. The molecule has 2 heterocycles. The van der Waals surface area contributed by atoms with Crippen LogP contribution in [0.1, 0.15) is 57.7 Å². The molecule has 1 N–H and O–H groups in total.